The van der Waals surface area contributed by atoms with E-state index in [1.54, 1.807) is 30.3 Å². The van der Waals surface area contributed by atoms with Crippen LogP contribution in [0.25, 0.3) is 0 Å². The molecule has 1 aromatic rings. The lowest BCUT2D eigenvalue weighted by Crippen LogP contribution is -2.20. The average Bonchev–Trinajstić information content (AvgIpc) is 2.28. The zero-order valence-electron chi connectivity index (χ0n) is 11.1. The van der Waals surface area contributed by atoms with Crippen LogP contribution in [0.3, 0.4) is 0 Å². The van der Waals surface area contributed by atoms with Crippen LogP contribution in [0.4, 0.5) is 4.79 Å². The molecule has 5 nitrogen and oxygen atoms in total. The van der Waals surface area contributed by atoms with Gasteiger partial charge in [0.25, 0.3) is 0 Å². The van der Waals surface area contributed by atoms with E-state index in [0.717, 1.165) is 0 Å². The average molecular weight is 262 g/mol. The topological polar surface area (TPSA) is 81.8 Å². The molecule has 0 radical (unpaired) electrons. The summed E-state index contributed by atoms with van der Waals surface area (Å²) in [5.74, 6) is 0.587. The van der Waals surface area contributed by atoms with E-state index in [9.17, 15) is 9.59 Å². The van der Waals surface area contributed by atoms with Crippen LogP contribution in [0.15, 0.2) is 35.3 Å². The number of ether oxygens (including phenoxy) is 1. The molecule has 0 aliphatic carbocycles. The second-order valence-corrected chi connectivity index (χ2v) is 4.60. The van der Waals surface area contributed by atoms with Gasteiger partial charge in [-0.15, -0.1) is 0 Å². The first-order chi connectivity index (χ1) is 8.97. The van der Waals surface area contributed by atoms with Crippen molar-refractivity contribution in [3.05, 3.63) is 30.3 Å². The van der Waals surface area contributed by atoms with Gasteiger partial charge >= 0.3 is 6.09 Å². The molecule has 0 spiro atoms. The molecule has 1 aromatic carbocycles. The lowest BCUT2D eigenvalue weighted by atomic mass is 10.1. The summed E-state index contributed by atoms with van der Waals surface area (Å²) < 4.78 is 4.93. The number of hydrogen-bond acceptors (Lipinski definition) is 3. The van der Waals surface area contributed by atoms with Crippen molar-refractivity contribution >= 4 is 17.7 Å². The van der Waals surface area contributed by atoms with Crippen molar-refractivity contribution in [2.45, 2.75) is 26.7 Å². The largest absolute Gasteiger partial charge is 0.440 e. The second-order valence-electron chi connectivity index (χ2n) is 4.60. The minimum Gasteiger partial charge on any atom is -0.409 e. The molecular weight excluding hydrogens is 244 g/mol. The first kappa shape index (κ1) is 14.9. The van der Waals surface area contributed by atoms with Crippen LogP contribution >= 0.6 is 0 Å². The zero-order chi connectivity index (χ0) is 14.3. The predicted molar refractivity (Wildman–Crippen MR) is 73.2 cm³/mol. The highest BCUT2D eigenvalue weighted by atomic mass is 16.5. The molecule has 2 N–H and O–H groups in total. The summed E-state index contributed by atoms with van der Waals surface area (Å²) in [6, 6.07) is 8.55. The molecule has 0 saturated carbocycles. The molecule has 0 unspecified atom stereocenters. The minimum absolute atomic E-state index is 0.0217. The third kappa shape index (κ3) is 6.35. The van der Waals surface area contributed by atoms with Crippen LogP contribution in [0.2, 0.25) is 0 Å². The van der Waals surface area contributed by atoms with E-state index in [-0.39, 0.29) is 24.0 Å². The molecule has 0 saturated heterocycles. The minimum atomic E-state index is -0.818. The van der Waals surface area contributed by atoms with Crippen LogP contribution in [0.5, 0.6) is 5.75 Å². The van der Waals surface area contributed by atoms with Crippen LogP contribution in [0.1, 0.15) is 26.7 Å². The molecule has 19 heavy (non-hydrogen) atoms. The van der Waals surface area contributed by atoms with Crippen LogP contribution in [0, 0.1) is 5.92 Å². The maximum atomic E-state index is 11.5. The number of amides is 1. The molecular formula is C14H18N2O3. The fourth-order valence-electron chi connectivity index (χ4n) is 1.50. The van der Waals surface area contributed by atoms with Gasteiger partial charge in [-0.2, -0.15) is 4.99 Å². The number of nitrogens with zero attached hydrogens (tertiary/aromatic N) is 1. The molecule has 5 heteroatoms. The maximum Gasteiger partial charge on any atom is 0.440 e. The van der Waals surface area contributed by atoms with E-state index >= 15 is 0 Å². The van der Waals surface area contributed by atoms with Crippen molar-refractivity contribution in [3.8, 4) is 5.75 Å². The Balaban J connectivity index is 2.50. The number of hydrogen-bond donors (Lipinski definition) is 1. The summed E-state index contributed by atoms with van der Waals surface area (Å²) in [6.45, 7) is 3.88. The zero-order valence-corrected chi connectivity index (χ0v) is 11.1. The van der Waals surface area contributed by atoms with Gasteiger partial charge in [0, 0.05) is 6.42 Å². The highest BCUT2D eigenvalue weighted by Crippen LogP contribution is 2.09. The van der Waals surface area contributed by atoms with Crippen LogP contribution < -0.4 is 10.5 Å². The van der Waals surface area contributed by atoms with Crippen molar-refractivity contribution in [1.29, 1.82) is 0 Å². The molecule has 102 valence electrons. The highest BCUT2D eigenvalue weighted by molar-refractivity contribution is 6.03. The Morgan fingerprint density at radius 3 is 2.47 bits per heavy atom. The Bertz CT molecular complexity index is 467. The summed E-state index contributed by atoms with van der Waals surface area (Å²) in [7, 11) is 0. The van der Waals surface area contributed by atoms with E-state index in [1.165, 1.54) is 0 Å². The third-order valence-corrected chi connectivity index (χ3v) is 2.20. The third-order valence-electron chi connectivity index (χ3n) is 2.20. The summed E-state index contributed by atoms with van der Waals surface area (Å²) >= 11 is 0. The maximum absolute atomic E-state index is 11.5. The summed E-state index contributed by atoms with van der Waals surface area (Å²) in [5, 5.41) is 0. The molecule has 0 fully saturated rings. The van der Waals surface area contributed by atoms with Crippen molar-refractivity contribution in [3.63, 3.8) is 0 Å². The monoisotopic (exact) mass is 262 g/mol. The molecule has 0 aliphatic rings. The number of nitrogens with two attached hydrogens (primary N) is 1. The Hall–Kier alpha value is -2.17. The Kier molecular flexibility index (Phi) is 5.73. The van der Waals surface area contributed by atoms with Crippen molar-refractivity contribution in [2.75, 3.05) is 0 Å². The lowest BCUT2D eigenvalue weighted by Gasteiger charge is -2.04. The number of carbonyl (C=O) groups excluding carboxylic acids is 2. The van der Waals surface area contributed by atoms with Crippen LogP contribution in [-0.2, 0) is 4.79 Å². The van der Waals surface area contributed by atoms with E-state index in [1.807, 2.05) is 13.8 Å². The molecule has 0 heterocycles. The predicted octanol–water partition coefficient (Wildman–Crippen LogP) is 2.55. The second kappa shape index (κ2) is 7.31. The first-order valence-electron chi connectivity index (χ1n) is 6.09. The molecule has 0 aromatic heterocycles. The molecule has 0 aliphatic heterocycles. The van der Waals surface area contributed by atoms with Crippen molar-refractivity contribution < 1.29 is 14.3 Å². The van der Waals surface area contributed by atoms with Gasteiger partial charge in [0.2, 0.25) is 0 Å². The van der Waals surface area contributed by atoms with E-state index in [0.29, 0.717) is 12.2 Å². The van der Waals surface area contributed by atoms with Gasteiger partial charge in [-0.05, 0) is 18.1 Å². The molecule has 0 atom stereocenters. The van der Waals surface area contributed by atoms with E-state index in [4.69, 9.17) is 10.5 Å². The standard InChI is InChI=1S/C14H18N2O3/c1-10(2)8-11(17)9-13(15)16-14(18)19-12-6-4-3-5-7-12/h3-7,10H,8-9H2,1-2H3,(H2,15,16,18). The summed E-state index contributed by atoms with van der Waals surface area (Å²) in [5.41, 5.74) is 5.53. The number of amidine groups is 1. The fraction of sp³-hybridized carbons (Fsp3) is 0.357. The number of Topliss-reactive ketones (excluding diaryl/α,β-unsaturated/α-hetero) is 1. The van der Waals surface area contributed by atoms with Crippen molar-refractivity contribution in [1.82, 2.24) is 0 Å². The lowest BCUT2D eigenvalue weighted by molar-refractivity contribution is -0.118. The Morgan fingerprint density at radius 1 is 1.26 bits per heavy atom. The number of para-hydroxylation sites is 1. The quantitative estimate of drug-likeness (QED) is 0.653. The smallest absolute Gasteiger partial charge is 0.409 e. The fourth-order valence-corrected chi connectivity index (χ4v) is 1.50. The molecule has 1 amide bonds. The van der Waals surface area contributed by atoms with Gasteiger partial charge in [0.05, 0.1) is 6.42 Å². The Labute approximate surface area is 112 Å². The molecule has 1 rings (SSSR count). The summed E-state index contributed by atoms with van der Waals surface area (Å²) in [4.78, 5) is 26.4. The number of carbonyl (C=O) groups is 2. The van der Waals surface area contributed by atoms with Gasteiger partial charge in [0.1, 0.15) is 17.4 Å². The van der Waals surface area contributed by atoms with Gasteiger partial charge in [0.15, 0.2) is 0 Å². The Morgan fingerprint density at radius 2 is 1.89 bits per heavy atom. The van der Waals surface area contributed by atoms with Crippen LogP contribution in [-0.4, -0.2) is 17.7 Å². The van der Waals surface area contributed by atoms with Gasteiger partial charge in [-0.25, -0.2) is 4.79 Å². The molecule has 0 bridgehead atoms. The highest BCUT2D eigenvalue weighted by Gasteiger charge is 2.09. The van der Waals surface area contributed by atoms with Crippen molar-refractivity contribution in [2.24, 2.45) is 16.6 Å². The van der Waals surface area contributed by atoms with Gasteiger partial charge < -0.3 is 10.5 Å². The van der Waals surface area contributed by atoms with Gasteiger partial charge in [-0.1, -0.05) is 32.0 Å². The van der Waals surface area contributed by atoms with E-state index in [2.05, 4.69) is 4.99 Å². The summed E-state index contributed by atoms with van der Waals surface area (Å²) in [6.07, 6.45) is -0.424. The van der Waals surface area contributed by atoms with Gasteiger partial charge in [-0.3, -0.25) is 4.79 Å². The van der Waals surface area contributed by atoms with E-state index < -0.39 is 6.09 Å². The number of ketones is 1. The number of rotatable bonds is 5. The normalized spacial score (nSPS) is 11.4. The SMILES string of the molecule is CC(C)CC(=O)CC(N)=NC(=O)Oc1ccccc1. The number of benzene rings is 1. The number of aliphatic imine (C=N–C) groups is 1. The first-order valence-corrected chi connectivity index (χ1v) is 6.09.